The van der Waals surface area contributed by atoms with E-state index in [0.29, 0.717) is 11.4 Å². The monoisotopic (exact) mass is 256 g/mol. The predicted octanol–water partition coefficient (Wildman–Crippen LogP) is 0.495. The van der Waals surface area contributed by atoms with Crippen LogP contribution in [0.2, 0.25) is 0 Å². The number of aliphatic hydroxyl groups is 1. The maximum absolute atomic E-state index is 11.6. The van der Waals surface area contributed by atoms with Crippen molar-refractivity contribution in [2.45, 2.75) is 26.5 Å². The Morgan fingerprint density at radius 2 is 2.12 bits per heavy atom. The standard InChI is InChI=1S/C11H16N2O3S/c1-7(14)5-13-11(16)10-4-3-9(17-10)6-12-8(2)15/h3-4,7,14H,5-6H2,1-2H3,(H,12,15)(H,13,16). The van der Waals surface area contributed by atoms with Crippen molar-refractivity contribution in [2.75, 3.05) is 6.54 Å². The lowest BCUT2D eigenvalue weighted by Gasteiger charge is -2.05. The fraction of sp³-hybridized carbons (Fsp3) is 0.455. The summed E-state index contributed by atoms with van der Waals surface area (Å²) in [6, 6.07) is 3.51. The normalized spacial score (nSPS) is 11.9. The highest BCUT2D eigenvalue weighted by Gasteiger charge is 2.09. The molecule has 1 unspecified atom stereocenters. The third-order valence-electron chi connectivity index (χ3n) is 1.96. The second-order valence-electron chi connectivity index (χ2n) is 3.73. The zero-order valence-corrected chi connectivity index (χ0v) is 10.6. The quantitative estimate of drug-likeness (QED) is 0.717. The molecule has 0 aromatic carbocycles. The molecule has 0 aliphatic rings. The van der Waals surface area contributed by atoms with Crippen molar-refractivity contribution in [3.05, 3.63) is 21.9 Å². The number of thiophene rings is 1. The third kappa shape index (κ3) is 4.97. The summed E-state index contributed by atoms with van der Waals surface area (Å²) >= 11 is 1.33. The molecule has 0 aliphatic carbocycles. The van der Waals surface area contributed by atoms with Crippen molar-refractivity contribution in [1.29, 1.82) is 0 Å². The summed E-state index contributed by atoms with van der Waals surface area (Å²) in [5, 5.41) is 14.3. The summed E-state index contributed by atoms with van der Waals surface area (Å²) < 4.78 is 0. The molecule has 1 rings (SSSR count). The molecule has 0 aliphatic heterocycles. The largest absolute Gasteiger partial charge is 0.392 e. The van der Waals surface area contributed by atoms with Gasteiger partial charge < -0.3 is 15.7 Å². The van der Waals surface area contributed by atoms with Crippen molar-refractivity contribution >= 4 is 23.2 Å². The minimum atomic E-state index is -0.558. The molecule has 0 saturated heterocycles. The smallest absolute Gasteiger partial charge is 0.261 e. The molecule has 1 aromatic heterocycles. The number of hydrogen-bond acceptors (Lipinski definition) is 4. The molecule has 1 atom stereocenters. The number of nitrogens with one attached hydrogen (secondary N) is 2. The minimum absolute atomic E-state index is 0.0986. The summed E-state index contributed by atoms with van der Waals surface area (Å²) in [5.74, 6) is -0.302. The molecule has 17 heavy (non-hydrogen) atoms. The molecule has 5 nitrogen and oxygen atoms in total. The van der Waals surface area contributed by atoms with Crippen LogP contribution in [-0.4, -0.2) is 29.6 Å². The average molecular weight is 256 g/mol. The van der Waals surface area contributed by atoms with Gasteiger partial charge in [-0.15, -0.1) is 11.3 Å². The van der Waals surface area contributed by atoms with Gasteiger partial charge in [0, 0.05) is 18.3 Å². The van der Waals surface area contributed by atoms with Gasteiger partial charge in [0.25, 0.3) is 5.91 Å². The number of aliphatic hydroxyl groups excluding tert-OH is 1. The number of carbonyl (C=O) groups is 2. The van der Waals surface area contributed by atoms with E-state index in [1.54, 1.807) is 19.1 Å². The highest BCUT2D eigenvalue weighted by atomic mass is 32.1. The Hall–Kier alpha value is -1.40. The van der Waals surface area contributed by atoms with E-state index in [4.69, 9.17) is 5.11 Å². The zero-order valence-electron chi connectivity index (χ0n) is 9.82. The van der Waals surface area contributed by atoms with Crippen LogP contribution in [0.1, 0.15) is 28.4 Å². The molecule has 0 fully saturated rings. The molecule has 6 heteroatoms. The first-order valence-corrected chi connectivity index (χ1v) is 6.10. The lowest BCUT2D eigenvalue weighted by atomic mass is 10.3. The van der Waals surface area contributed by atoms with Crippen LogP contribution in [0.4, 0.5) is 0 Å². The average Bonchev–Trinajstić information content (AvgIpc) is 2.71. The SMILES string of the molecule is CC(=O)NCc1ccc(C(=O)NCC(C)O)s1. The van der Waals surface area contributed by atoms with Gasteiger partial charge in [-0.1, -0.05) is 0 Å². The fourth-order valence-electron chi connectivity index (χ4n) is 1.13. The van der Waals surface area contributed by atoms with Gasteiger partial charge in [-0.25, -0.2) is 0 Å². The van der Waals surface area contributed by atoms with Gasteiger partial charge in [0.15, 0.2) is 0 Å². The van der Waals surface area contributed by atoms with Crippen molar-refractivity contribution in [3.63, 3.8) is 0 Å². The van der Waals surface area contributed by atoms with Crippen LogP contribution in [0, 0.1) is 0 Å². The maximum Gasteiger partial charge on any atom is 0.261 e. The van der Waals surface area contributed by atoms with E-state index in [0.717, 1.165) is 4.88 Å². The lowest BCUT2D eigenvalue weighted by Crippen LogP contribution is -2.29. The molecule has 0 spiro atoms. The van der Waals surface area contributed by atoms with Crippen molar-refractivity contribution < 1.29 is 14.7 Å². The van der Waals surface area contributed by atoms with E-state index in [2.05, 4.69) is 10.6 Å². The predicted molar refractivity (Wildman–Crippen MR) is 65.9 cm³/mol. The van der Waals surface area contributed by atoms with Crippen molar-refractivity contribution in [3.8, 4) is 0 Å². The van der Waals surface area contributed by atoms with E-state index in [1.165, 1.54) is 18.3 Å². The second kappa shape index (κ2) is 6.36. The molecule has 0 radical (unpaired) electrons. The third-order valence-corrected chi connectivity index (χ3v) is 3.04. The van der Waals surface area contributed by atoms with Gasteiger partial charge in [0.1, 0.15) is 0 Å². The van der Waals surface area contributed by atoms with E-state index in [9.17, 15) is 9.59 Å². The van der Waals surface area contributed by atoms with Gasteiger partial charge in [0.2, 0.25) is 5.91 Å². The Morgan fingerprint density at radius 1 is 1.41 bits per heavy atom. The summed E-state index contributed by atoms with van der Waals surface area (Å²) in [6.07, 6.45) is -0.558. The number of carbonyl (C=O) groups excluding carboxylic acids is 2. The van der Waals surface area contributed by atoms with Crippen LogP contribution in [0.25, 0.3) is 0 Å². The van der Waals surface area contributed by atoms with Crippen LogP contribution >= 0.6 is 11.3 Å². The van der Waals surface area contributed by atoms with E-state index in [1.807, 2.05) is 0 Å². The molecule has 3 N–H and O–H groups in total. The summed E-state index contributed by atoms with van der Waals surface area (Å²) in [6.45, 7) is 3.72. The van der Waals surface area contributed by atoms with Gasteiger partial charge in [0.05, 0.1) is 17.5 Å². The first kappa shape index (κ1) is 13.7. The number of amides is 2. The molecule has 1 aromatic rings. The first-order chi connectivity index (χ1) is 7.99. The summed E-state index contributed by atoms with van der Waals surface area (Å²) in [5.41, 5.74) is 0. The van der Waals surface area contributed by atoms with E-state index >= 15 is 0 Å². The van der Waals surface area contributed by atoms with Crippen LogP contribution < -0.4 is 10.6 Å². The molecule has 0 saturated carbocycles. The lowest BCUT2D eigenvalue weighted by molar-refractivity contribution is -0.119. The molecular weight excluding hydrogens is 240 g/mol. The van der Waals surface area contributed by atoms with E-state index < -0.39 is 6.10 Å². The highest BCUT2D eigenvalue weighted by Crippen LogP contribution is 2.16. The van der Waals surface area contributed by atoms with Crippen LogP contribution in [0.5, 0.6) is 0 Å². The molecule has 94 valence electrons. The Labute approximate surface area is 104 Å². The molecule has 1 heterocycles. The Kier molecular flexibility index (Phi) is 5.11. The first-order valence-electron chi connectivity index (χ1n) is 5.28. The molecule has 2 amide bonds. The topological polar surface area (TPSA) is 78.4 Å². The van der Waals surface area contributed by atoms with Gasteiger partial charge in [-0.3, -0.25) is 9.59 Å². The maximum atomic E-state index is 11.6. The fourth-order valence-corrected chi connectivity index (χ4v) is 2.00. The van der Waals surface area contributed by atoms with Crippen LogP contribution in [0.15, 0.2) is 12.1 Å². The second-order valence-corrected chi connectivity index (χ2v) is 4.90. The Morgan fingerprint density at radius 3 is 2.71 bits per heavy atom. The molecule has 0 bridgehead atoms. The van der Waals surface area contributed by atoms with Crippen LogP contribution in [-0.2, 0) is 11.3 Å². The number of hydrogen-bond donors (Lipinski definition) is 3. The molecular formula is C11H16N2O3S. The van der Waals surface area contributed by atoms with Crippen molar-refractivity contribution in [1.82, 2.24) is 10.6 Å². The minimum Gasteiger partial charge on any atom is -0.392 e. The Bertz CT molecular complexity index is 401. The zero-order chi connectivity index (χ0) is 12.8. The highest BCUT2D eigenvalue weighted by molar-refractivity contribution is 7.14. The van der Waals surface area contributed by atoms with E-state index in [-0.39, 0.29) is 18.4 Å². The van der Waals surface area contributed by atoms with Crippen LogP contribution in [0.3, 0.4) is 0 Å². The summed E-state index contributed by atoms with van der Waals surface area (Å²) in [7, 11) is 0. The number of rotatable bonds is 5. The van der Waals surface area contributed by atoms with Gasteiger partial charge in [-0.05, 0) is 19.1 Å². The summed E-state index contributed by atoms with van der Waals surface area (Å²) in [4.78, 5) is 23.8. The Balaban J connectivity index is 2.49. The van der Waals surface area contributed by atoms with Crippen molar-refractivity contribution in [2.24, 2.45) is 0 Å². The van der Waals surface area contributed by atoms with Gasteiger partial charge >= 0.3 is 0 Å². The van der Waals surface area contributed by atoms with Gasteiger partial charge in [-0.2, -0.15) is 0 Å².